The SMILES string of the molecule is CN(CCc1ccc(Br)cc1)C(=O)C1CNC1. The van der Waals surface area contributed by atoms with Crippen molar-refractivity contribution in [1.29, 1.82) is 0 Å². The molecule has 1 N–H and O–H groups in total. The van der Waals surface area contributed by atoms with E-state index in [1.165, 1.54) is 5.56 Å². The number of hydrogen-bond donors (Lipinski definition) is 1. The van der Waals surface area contributed by atoms with Crippen LogP contribution in [0.2, 0.25) is 0 Å². The van der Waals surface area contributed by atoms with E-state index in [4.69, 9.17) is 0 Å². The molecular formula is C13H17BrN2O. The number of benzene rings is 1. The summed E-state index contributed by atoms with van der Waals surface area (Å²) in [7, 11) is 1.89. The fraction of sp³-hybridized carbons (Fsp3) is 0.462. The van der Waals surface area contributed by atoms with Gasteiger partial charge in [-0.05, 0) is 24.1 Å². The van der Waals surface area contributed by atoms with Crippen molar-refractivity contribution in [3.8, 4) is 0 Å². The van der Waals surface area contributed by atoms with E-state index in [2.05, 4.69) is 33.4 Å². The van der Waals surface area contributed by atoms with Crippen molar-refractivity contribution < 1.29 is 4.79 Å². The summed E-state index contributed by atoms with van der Waals surface area (Å²) in [6, 6.07) is 8.25. The average molecular weight is 297 g/mol. The number of hydrogen-bond acceptors (Lipinski definition) is 2. The molecule has 3 nitrogen and oxygen atoms in total. The summed E-state index contributed by atoms with van der Waals surface area (Å²) in [5.41, 5.74) is 1.26. The normalized spacial score (nSPS) is 15.4. The maximum absolute atomic E-state index is 11.9. The number of nitrogens with zero attached hydrogens (tertiary/aromatic N) is 1. The van der Waals surface area contributed by atoms with Crippen molar-refractivity contribution in [3.63, 3.8) is 0 Å². The largest absolute Gasteiger partial charge is 0.345 e. The van der Waals surface area contributed by atoms with Gasteiger partial charge in [0.05, 0.1) is 5.92 Å². The smallest absolute Gasteiger partial charge is 0.228 e. The Bertz CT molecular complexity index is 387. The highest BCUT2D eigenvalue weighted by atomic mass is 79.9. The van der Waals surface area contributed by atoms with Gasteiger partial charge in [-0.15, -0.1) is 0 Å². The van der Waals surface area contributed by atoms with E-state index in [0.29, 0.717) is 0 Å². The maximum atomic E-state index is 11.9. The summed E-state index contributed by atoms with van der Waals surface area (Å²) in [4.78, 5) is 13.7. The van der Waals surface area contributed by atoms with Crippen LogP contribution in [0.3, 0.4) is 0 Å². The van der Waals surface area contributed by atoms with Gasteiger partial charge in [-0.2, -0.15) is 0 Å². The number of nitrogens with one attached hydrogen (secondary N) is 1. The van der Waals surface area contributed by atoms with E-state index in [0.717, 1.165) is 30.5 Å². The molecule has 1 fully saturated rings. The van der Waals surface area contributed by atoms with Crippen molar-refractivity contribution in [3.05, 3.63) is 34.3 Å². The van der Waals surface area contributed by atoms with Crippen molar-refractivity contribution in [2.45, 2.75) is 6.42 Å². The third kappa shape index (κ3) is 3.30. The Balaban J connectivity index is 1.80. The van der Waals surface area contributed by atoms with Gasteiger partial charge in [0.1, 0.15) is 0 Å². The van der Waals surface area contributed by atoms with E-state index in [1.54, 1.807) is 0 Å². The van der Waals surface area contributed by atoms with Gasteiger partial charge in [-0.1, -0.05) is 28.1 Å². The second-order valence-corrected chi connectivity index (χ2v) is 5.41. The summed E-state index contributed by atoms with van der Waals surface area (Å²) in [5, 5.41) is 3.12. The summed E-state index contributed by atoms with van der Waals surface area (Å²) >= 11 is 3.41. The van der Waals surface area contributed by atoms with Crippen molar-refractivity contribution in [2.24, 2.45) is 5.92 Å². The molecule has 0 bridgehead atoms. The predicted molar refractivity (Wildman–Crippen MR) is 71.8 cm³/mol. The molecule has 1 aromatic carbocycles. The lowest BCUT2D eigenvalue weighted by molar-refractivity contribution is -0.135. The molecule has 0 saturated carbocycles. The van der Waals surface area contributed by atoms with Crippen LogP contribution in [-0.4, -0.2) is 37.5 Å². The molecule has 1 aromatic rings. The Hall–Kier alpha value is -0.870. The Labute approximate surface area is 110 Å². The lowest BCUT2D eigenvalue weighted by Crippen LogP contribution is -2.51. The first kappa shape index (κ1) is 12.6. The van der Waals surface area contributed by atoms with E-state index >= 15 is 0 Å². The first-order chi connectivity index (χ1) is 8.16. The van der Waals surface area contributed by atoms with Gasteiger partial charge in [-0.3, -0.25) is 4.79 Å². The summed E-state index contributed by atoms with van der Waals surface area (Å²) < 4.78 is 1.09. The zero-order valence-electron chi connectivity index (χ0n) is 9.95. The Morgan fingerprint density at radius 2 is 2.06 bits per heavy atom. The summed E-state index contributed by atoms with van der Waals surface area (Å²) in [6.07, 6.45) is 0.912. The molecule has 1 aliphatic rings. The summed E-state index contributed by atoms with van der Waals surface area (Å²) in [6.45, 7) is 2.46. The van der Waals surface area contributed by atoms with Gasteiger partial charge >= 0.3 is 0 Å². The van der Waals surface area contributed by atoms with Gasteiger partial charge in [0.2, 0.25) is 5.91 Å². The van der Waals surface area contributed by atoms with Gasteiger partial charge in [-0.25, -0.2) is 0 Å². The third-order valence-electron chi connectivity index (χ3n) is 3.16. The predicted octanol–water partition coefficient (Wildman–Crippen LogP) is 1.67. The molecule has 2 rings (SSSR count). The van der Waals surface area contributed by atoms with Gasteiger partial charge < -0.3 is 10.2 Å². The summed E-state index contributed by atoms with van der Waals surface area (Å²) in [5.74, 6) is 0.464. The van der Waals surface area contributed by atoms with Crippen molar-refractivity contribution in [2.75, 3.05) is 26.7 Å². The molecule has 0 unspecified atom stereocenters. The Kier molecular flexibility index (Phi) is 4.18. The van der Waals surface area contributed by atoms with Crippen LogP contribution in [0.4, 0.5) is 0 Å². The van der Waals surface area contributed by atoms with Gasteiger partial charge in [0.15, 0.2) is 0 Å². The van der Waals surface area contributed by atoms with Crippen LogP contribution in [0.1, 0.15) is 5.56 Å². The third-order valence-corrected chi connectivity index (χ3v) is 3.68. The molecule has 0 aromatic heterocycles. The molecule has 1 aliphatic heterocycles. The first-order valence-electron chi connectivity index (χ1n) is 5.87. The monoisotopic (exact) mass is 296 g/mol. The van der Waals surface area contributed by atoms with E-state index in [9.17, 15) is 4.79 Å². The Morgan fingerprint density at radius 1 is 1.41 bits per heavy atom. The zero-order valence-corrected chi connectivity index (χ0v) is 11.5. The van der Waals surface area contributed by atoms with Gasteiger partial charge in [0, 0.05) is 31.2 Å². The van der Waals surface area contributed by atoms with Gasteiger partial charge in [0.25, 0.3) is 0 Å². The minimum Gasteiger partial charge on any atom is -0.345 e. The molecule has 92 valence electrons. The number of carbonyl (C=O) groups excluding carboxylic acids is 1. The molecule has 0 radical (unpaired) electrons. The number of rotatable bonds is 4. The molecule has 4 heteroatoms. The maximum Gasteiger partial charge on any atom is 0.228 e. The van der Waals surface area contributed by atoms with Crippen LogP contribution in [0.25, 0.3) is 0 Å². The molecule has 1 saturated heterocycles. The molecular weight excluding hydrogens is 280 g/mol. The minimum absolute atomic E-state index is 0.199. The first-order valence-corrected chi connectivity index (χ1v) is 6.66. The van der Waals surface area contributed by atoms with E-state index < -0.39 is 0 Å². The quantitative estimate of drug-likeness (QED) is 0.917. The molecule has 17 heavy (non-hydrogen) atoms. The minimum atomic E-state index is 0.199. The topological polar surface area (TPSA) is 32.3 Å². The standard InChI is InChI=1S/C13H17BrN2O/c1-16(13(17)11-8-15-9-11)7-6-10-2-4-12(14)5-3-10/h2-5,11,15H,6-9H2,1H3. The van der Waals surface area contributed by atoms with Crippen LogP contribution in [0.5, 0.6) is 0 Å². The Morgan fingerprint density at radius 3 is 2.59 bits per heavy atom. The van der Waals surface area contributed by atoms with Crippen LogP contribution in [0.15, 0.2) is 28.7 Å². The zero-order chi connectivity index (χ0) is 12.3. The number of amides is 1. The highest BCUT2D eigenvalue weighted by molar-refractivity contribution is 9.10. The van der Waals surface area contributed by atoms with Crippen LogP contribution in [0, 0.1) is 5.92 Å². The van der Waals surface area contributed by atoms with Crippen molar-refractivity contribution >= 4 is 21.8 Å². The van der Waals surface area contributed by atoms with E-state index in [-0.39, 0.29) is 11.8 Å². The number of likely N-dealkylation sites (N-methyl/N-ethyl adjacent to an activating group) is 1. The van der Waals surface area contributed by atoms with E-state index in [1.807, 2.05) is 24.1 Å². The van der Waals surface area contributed by atoms with Crippen molar-refractivity contribution in [1.82, 2.24) is 10.2 Å². The molecule has 1 amide bonds. The van der Waals surface area contributed by atoms with Crippen LogP contribution in [-0.2, 0) is 11.2 Å². The van der Waals surface area contributed by atoms with Crippen LogP contribution >= 0.6 is 15.9 Å². The fourth-order valence-electron chi connectivity index (χ4n) is 1.83. The molecule has 0 aliphatic carbocycles. The highest BCUT2D eigenvalue weighted by Crippen LogP contribution is 2.12. The molecule has 0 spiro atoms. The molecule has 1 heterocycles. The lowest BCUT2D eigenvalue weighted by Gasteiger charge is -2.30. The second-order valence-electron chi connectivity index (χ2n) is 4.49. The fourth-order valence-corrected chi connectivity index (χ4v) is 2.10. The second kappa shape index (κ2) is 5.65. The highest BCUT2D eigenvalue weighted by Gasteiger charge is 2.27. The number of halogens is 1. The lowest BCUT2D eigenvalue weighted by atomic mass is 10.0. The average Bonchev–Trinajstić information content (AvgIpc) is 2.25. The van der Waals surface area contributed by atoms with Crippen LogP contribution < -0.4 is 5.32 Å². The molecule has 0 atom stereocenters. The number of carbonyl (C=O) groups is 1.